The van der Waals surface area contributed by atoms with E-state index in [1.54, 1.807) is 0 Å². The average molecular weight is 250 g/mol. The highest BCUT2D eigenvalue weighted by Crippen LogP contribution is 2.28. The van der Waals surface area contributed by atoms with E-state index in [9.17, 15) is 14.0 Å². The topological polar surface area (TPSA) is 49.4 Å². The van der Waals surface area contributed by atoms with Crippen LogP contribution in [0.4, 0.5) is 10.1 Å². The molecule has 1 heterocycles. The number of carbonyl (C=O) groups excluding carboxylic acids is 2. The maximum atomic E-state index is 13.0. The van der Waals surface area contributed by atoms with Gasteiger partial charge in [0.1, 0.15) is 5.82 Å². The van der Waals surface area contributed by atoms with Crippen LogP contribution in [-0.4, -0.2) is 31.3 Å². The van der Waals surface area contributed by atoms with E-state index in [2.05, 4.69) is 12.2 Å². The molecule has 0 saturated heterocycles. The van der Waals surface area contributed by atoms with Crippen LogP contribution in [0.15, 0.2) is 18.2 Å². The minimum absolute atomic E-state index is 0.162. The average Bonchev–Trinajstić information content (AvgIpc) is 2.59. The third-order valence-electron chi connectivity index (χ3n) is 2.87. The van der Waals surface area contributed by atoms with Crippen LogP contribution in [-0.2, 0) is 4.79 Å². The fourth-order valence-electron chi connectivity index (χ4n) is 1.99. The molecule has 18 heavy (non-hydrogen) atoms. The summed E-state index contributed by atoms with van der Waals surface area (Å²) in [6, 6.07) is 3.86. The maximum absolute atomic E-state index is 13.0. The zero-order valence-electron chi connectivity index (χ0n) is 10.2. The smallest absolute Gasteiger partial charge is 0.299 e. The molecule has 1 amide bonds. The second kappa shape index (κ2) is 5.27. The zero-order valence-corrected chi connectivity index (χ0v) is 10.2. The normalized spacial score (nSPS) is 14.2. The Hall–Kier alpha value is -1.75. The van der Waals surface area contributed by atoms with Crippen molar-refractivity contribution in [3.63, 3.8) is 0 Å². The number of anilines is 1. The second-order valence-electron chi connectivity index (χ2n) is 4.20. The van der Waals surface area contributed by atoms with Gasteiger partial charge in [-0.3, -0.25) is 9.59 Å². The summed E-state index contributed by atoms with van der Waals surface area (Å²) in [4.78, 5) is 24.8. The van der Waals surface area contributed by atoms with Crippen molar-refractivity contribution >= 4 is 17.4 Å². The first-order valence-electron chi connectivity index (χ1n) is 6.01. The minimum atomic E-state index is -0.625. The van der Waals surface area contributed by atoms with Crippen molar-refractivity contribution in [3.8, 4) is 0 Å². The SMILES string of the molecule is CCCNCCN1C(=O)C(=O)c2cc(F)ccc21. The first-order chi connectivity index (χ1) is 8.65. The number of Topliss-reactive ketones (excluding diaryl/α,β-unsaturated/α-hetero) is 1. The number of hydrogen-bond acceptors (Lipinski definition) is 3. The van der Waals surface area contributed by atoms with Gasteiger partial charge in [0.05, 0.1) is 11.3 Å². The van der Waals surface area contributed by atoms with E-state index in [1.165, 1.54) is 17.0 Å². The standard InChI is InChI=1S/C13H15FN2O2/c1-2-5-15-6-7-16-11-4-3-9(14)8-10(11)12(17)13(16)18/h3-4,8,15H,2,5-7H2,1H3. The molecule has 0 atom stereocenters. The Balaban J connectivity index is 2.13. The molecule has 0 saturated carbocycles. The summed E-state index contributed by atoms with van der Waals surface area (Å²) in [5.41, 5.74) is 0.667. The van der Waals surface area contributed by atoms with Crippen molar-refractivity contribution in [1.29, 1.82) is 0 Å². The molecular weight excluding hydrogens is 235 g/mol. The van der Waals surface area contributed by atoms with Crippen molar-refractivity contribution < 1.29 is 14.0 Å². The van der Waals surface area contributed by atoms with Gasteiger partial charge in [0.25, 0.3) is 11.7 Å². The summed E-state index contributed by atoms with van der Waals surface area (Å²) < 4.78 is 13.0. The molecule has 1 aromatic carbocycles. The van der Waals surface area contributed by atoms with Crippen LogP contribution in [0.25, 0.3) is 0 Å². The summed E-state index contributed by atoms with van der Waals surface area (Å²) >= 11 is 0. The van der Waals surface area contributed by atoms with Crippen LogP contribution in [0, 0.1) is 5.82 Å². The van der Waals surface area contributed by atoms with Gasteiger partial charge in [-0.2, -0.15) is 0 Å². The van der Waals surface area contributed by atoms with Gasteiger partial charge < -0.3 is 10.2 Å². The van der Waals surface area contributed by atoms with Gasteiger partial charge in [0, 0.05) is 13.1 Å². The molecule has 0 fully saturated rings. The summed E-state index contributed by atoms with van der Waals surface area (Å²) in [6.45, 7) is 3.95. The van der Waals surface area contributed by atoms with Crippen LogP contribution in [0.5, 0.6) is 0 Å². The molecule has 1 aliphatic rings. The summed E-state index contributed by atoms with van der Waals surface area (Å²) in [5.74, 6) is -1.70. The van der Waals surface area contributed by atoms with Gasteiger partial charge in [-0.1, -0.05) is 6.92 Å². The predicted molar refractivity (Wildman–Crippen MR) is 66.2 cm³/mol. The van der Waals surface area contributed by atoms with E-state index in [0.29, 0.717) is 18.8 Å². The van der Waals surface area contributed by atoms with Crippen LogP contribution < -0.4 is 10.2 Å². The molecule has 0 unspecified atom stereocenters. The predicted octanol–water partition coefficient (Wildman–Crippen LogP) is 1.35. The van der Waals surface area contributed by atoms with Gasteiger partial charge in [-0.05, 0) is 31.2 Å². The number of halogens is 1. The highest BCUT2D eigenvalue weighted by atomic mass is 19.1. The first-order valence-corrected chi connectivity index (χ1v) is 6.01. The van der Waals surface area contributed by atoms with E-state index in [0.717, 1.165) is 19.0 Å². The third-order valence-corrected chi connectivity index (χ3v) is 2.87. The molecule has 4 nitrogen and oxygen atoms in total. The lowest BCUT2D eigenvalue weighted by molar-refractivity contribution is -0.114. The van der Waals surface area contributed by atoms with Gasteiger partial charge in [0.15, 0.2) is 0 Å². The quantitative estimate of drug-likeness (QED) is 0.634. The molecule has 0 bridgehead atoms. The number of fused-ring (bicyclic) bond motifs is 1. The highest BCUT2D eigenvalue weighted by Gasteiger charge is 2.35. The number of hydrogen-bond donors (Lipinski definition) is 1. The van der Waals surface area contributed by atoms with Crippen molar-refractivity contribution in [2.24, 2.45) is 0 Å². The lowest BCUT2D eigenvalue weighted by Crippen LogP contribution is -2.36. The van der Waals surface area contributed by atoms with Crippen LogP contribution in [0.3, 0.4) is 0 Å². The molecule has 1 aromatic rings. The molecule has 2 rings (SSSR count). The van der Waals surface area contributed by atoms with Crippen molar-refractivity contribution in [1.82, 2.24) is 5.32 Å². The van der Waals surface area contributed by atoms with Crippen molar-refractivity contribution in [2.45, 2.75) is 13.3 Å². The lowest BCUT2D eigenvalue weighted by Gasteiger charge is -2.16. The number of nitrogens with one attached hydrogen (secondary N) is 1. The monoisotopic (exact) mass is 250 g/mol. The lowest BCUT2D eigenvalue weighted by atomic mass is 10.1. The molecule has 5 heteroatoms. The number of nitrogens with zero attached hydrogens (tertiary/aromatic N) is 1. The number of ketones is 1. The second-order valence-corrected chi connectivity index (χ2v) is 4.20. The molecule has 1 aliphatic heterocycles. The Kier molecular flexibility index (Phi) is 3.72. The molecule has 0 radical (unpaired) electrons. The molecule has 0 aromatic heterocycles. The number of carbonyl (C=O) groups is 2. The van der Waals surface area contributed by atoms with E-state index < -0.39 is 17.5 Å². The van der Waals surface area contributed by atoms with Crippen LogP contribution in [0.2, 0.25) is 0 Å². The molecular formula is C13H15FN2O2. The Morgan fingerprint density at radius 1 is 1.28 bits per heavy atom. The molecule has 1 N–H and O–H groups in total. The van der Waals surface area contributed by atoms with Gasteiger partial charge in [0.2, 0.25) is 0 Å². The van der Waals surface area contributed by atoms with E-state index >= 15 is 0 Å². The summed E-state index contributed by atoms with van der Waals surface area (Å²) in [7, 11) is 0. The summed E-state index contributed by atoms with van der Waals surface area (Å²) in [6.07, 6.45) is 1.01. The molecule has 0 spiro atoms. The van der Waals surface area contributed by atoms with Crippen LogP contribution in [0.1, 0.15) is 23.7 Å². The van der Waals surface area contributed by atoms with Crippen LogP contribution >= 0.6 is 0 Å². The third kappa shape index (κ3) is 2.26. The highest BCUT2D eigenvalue weighted by molar-refractivity contribution is 6.52. The first kappa shape index (κ1) is 12.7. The zero-order chi connectivity index (χ0) is 13.1. The van der Waals surface area contributed by atoms with E-state index in [4.69, 9.17) is 0 Å². The number of rotatable bonds is 5. The summed E-state index contributed by atoms with van der Waals surface area (Å²) in [5, 5.41) is 3.16. The Bertz CT molecular complexity index is 488. The van der Waals surface area contributed by atoms with Gasteiger partial charge in [-0.25, -0.2) is 4.39 Å². The largest absolute Gasteiger partial charge is 0.315 e. The Labute approximate surface area is 105 Å². The number of benzene rings is 1. The van der Waals surface area contributed by atoms with Crippen molar-refractivity contribution in [3.05, 3.63) is 29.6 Å². The van der Waals surface area contributed by atoms with Gasteiger partial charge in [-0.15, -0.1) is 0 Å². The fourth-order valence-corrected chi connectivity index (χ4v) is 1.99. The van der Waals surface area contributed by atoms with E-state index in [1.807, 2.05) is 0 Å². The number of amides is 1. The minimum Gasteiger partial charge on any atom is -0.315 e. The Morgan fingerprint density at radius 3 is 2.78 bits per heavy atom. The van der Waals surface area contributed by atoms with Crippen molar-refractivity contribution in [2.75, 3.05) is 24.5 Å². The molecule has 0 aliphatic carbocycles. The Morgan fingerprint density at radius 2 is 2.06 bits per heavy atom. The fraction of sp³-hybridized carbons (Fsp3) is 0.385. The van der Waals surface area contributed by atoms with E-state index in [-0.39, 0.29) is 5.56 Å². The molecule has 96 valence electrons. The maximum Gasteiger partial charge on any atom is 0.299 e. The van der Waals surface area contributed by atoms with Gasteiger partial charge >= 0.3 is 0 Å².